The van der Waals surface area contributed by atoms with Gasteiger partial charge in [0.1, 0.15) is 0 Å². The molecular weight excluding hydrogens is 302 g/mol. The number of carbonyl (C=O) groups is 1. The number of carbonyl (C=O) groups excluding carboxylic acids is 1. The molecule has 0 aliphatic carbocycles. The van der Waals surface area contributed by atoms with Crippen molar-refractivity contribution in [3.63, 3.8) is 0 Å². The molecule has 3 heterocycles. The molecule has 116 valence electrons. The second kappa shape index (κ2) is 5.92. The van der Waals surface area contributed by atoms with E-state index in [1.807, 2.05) is 24.3 Å². The molecule has 0 unspecified atom stereocenters. The van der Waals surface area contributed by atoms with Crippen molar-refractivity contribution >= 4 is 22.5 Å². The summed E-state index contributed by atoms with van der Waals surface area (Å²) in [6.07, 6.45) is 6.77. The largest absolute Gasteiger partial charge is 0.319 e. The average molecular weight is 315 g/mol. The third kappa shape index (κ3) is 2.50. The number of aromatic nitrogens is 4. The van der Waals surface area contributed by atoms with Crippen LogP contribution >= 0.6 is 0 Å². The highest BCUT2D eigenvalue weighted by Crippen LogP contribution is 2.20. The van der Waals surface area contributed by atoms with E-state index in [4.69, 9.17) is 0 Å². The molecule has 0 saturated heterocycles. The fourth-order valence-electron chi connectivity index (χ4n) is 2.55. The monoisotopic (exact) mass is 315 g/mol. The minimum Gasteiger partial charge on any atom is -0.319 e. The van der Waals surface area contributed by atoms with Crippen molar-refractivity contribution < 1.29 is 4.79 Å². The van der Waals surface area contributed by atoms with Gasteiger partial charge in [0, 0.05) is 30.2 Å². The van der Waals surface area contributed by atoms with Gasteiger partial charge in [-0.3, -0.25) is 9.78 Å². The molecule has 0 fully saturated rings. The molecule has 4 aromatic rings. The highest BCUT2D eigenvalue weighted by molar-refractivity contribution is 6.12. The van der Waals surface area contributed by atoms with Crippen LogP contribution in [0.1, 0.15) is 10.4 Å². The van der Waals surface area contributed by atoms with Crippen molar-refractivity contribution in [2.24, 2.45) is 0 Å². The number of benzene rings is 1. The first kappa shape index (κ1) is 14.1. The van der Waals surface area contributed by atoms with Crippen LogP contribution in [0.4, 0.5) is 5.69 Å². The van der Waals surface area contributed by atoms with E-state index >= 15 is 0 Å². The minimum absolute atomic E-state index is 0.235. The molecule has 3 aromatic heterocycles. The van der Waals surface area contributed by atoms with Crippen LogP contribution in [0.3, 0.4) is 0 Å². The minimum atomic E-state index is -0.235. The summed E-state index contributed by atoms with van der Waals surface area (Å²) >= 11 is 0. The van der Waals surface area contributed by atoms with Crippen molar-refractivity contribution in [2.75, 3.05) is 5.32 Å². The predicted octanol–water partition coefficient (Wildman–Crippen LogP) is 3.07. The summed E-state index contributed by atoms with van der Waals surface area (Å²) in [5.41, 5.74) is 1.77. The van der Waals surface area contributed by atoms with Gasteiger partial charge in [-0.25, -0.2) is 9.67 Å². The first-order chi connectivity index (χ1) is 11.8. The van der Waals surface area contributed by atoms with Crippen LogP contribution in [0, 0.1) is 0 Å². The molecule has 24 heavy (non-hydrogen) atoms. The Morgan fingerprint density at radius 1 is 0.917 bits per heavy atom. The maximum absolute atomic E-state index is 12.7. The number of amides is 1. The Hall–Kier alpha value is -3.54. The molecule has 0 aliphatic heterocycles. The lowest BCUT2D eigenvalue weighted by Crippen LogP contribution is -2.15. The fourth-order valence-corrected chi connectivity index (χ4v) is 2.55. The molecular formula is C18H13N5O. The molecule has 0 bridgehead atoms. The summed E-state index contributed by atoms with van der Waals surface area (Å²) in [5, 5.41) is 7.99. The van der Waals surface area contributed by atoms with Crippen molar-refractivity contribution in [1.82, 2.24) is 19.7 Å². The van der Waals surface area contributed by atoms with E-state index in [-0.39, 0.29) is 5.91 Å². The van der Waals surface area contributed by atoms with Gasteiger partial charge in [0.15, 0.2) is 5.82 Å². The van der Waals surface area contributed by atoms with Gasteiger partial charge in [-0.2, -0.15) is 5.10 Å². The number of anilines is 1. The Morgan fingerprint density at radius 2 is 1.75 bits per heavy atom. The lowest BCUT2D eigenvalue weighted by atomic mass is 10.1. The van der Waals surface area contributed by atoms with E-state index in [0.29, 0.717) is 22.6 Å². The van der Waals surface area contributed by atoms with Crippen LogP contribution in [0.2, 0.25) is 0 Å². The van der Waals surface area contributed by atoms with Crippen LogP contribution in [0.5, 0.6) is 0 Å². The lowest BCUT2D eigenvalue weighted by Gasteiger charge is -2.11. The van der Waals surface area contributed by atoms with E-state index in [1.165, 1.54) is 0 Å². The van der Waals surface area contributed by atoms with E-state index < -0.39 is 0 Å². The predicted molar refractivity (Wildman–Crippen MR) is 91.1 cm³/mol. The van der Waals surface area contributed by atoms with Gasteiger partial charge >= 0.3 is 0 Å². The zero-order valence-electron chi connectivity index (χ0n) is 12.6. The van der Waals surface area contributed by atoms with Crippen molar-refractivity contribution in [3.05, 3.63) is 78.9 Å². The maximum atomic E-state index is 12.7. The summed E-state index contributed by atoms with van der Waals surface area (Å²) in [5.74, 6) is 0.324. The topological polar surface area (TPSA) is 72.7 Å². The molecule has 1 N–H and O–H groups in total. The zero-order chi connectivity index (χ0) is 16.4. The van der Waals surface area contributed by atoms with Gasteiger partial charge in [0.25, 0.3) is 5.91 Å². The fraction of sp³-hybridized carbons (Fsp3) is 0. The van der Waals surface area contributed by atoms with Crippen molar-refractivity contribution in [3.8, 4) is 5.82 Å². The van der Waals surface area contributed by atoms with Crippen molar-refractivity contribution in [2.45, 2.75) is 0 Å². The number of nitrogens with one attached hydrogen (secondary N) is 1. The number of nitrogens with zero attached hydrogens (tertiary/aromatic N) is 4. The van der Waals surface area contributed by atoms with Crippen LogP contribution < -0.4 is 5.32 Å². The van der Waals surface area contributed by atoms with E-state index in [2.05, 4.69) is 20.4 Å². The summed E-state index contributed by atoms with van der Waals surface area (Å²) in [6, 6.07) is 14.7. The van der Waals surface area contributed by atoms with Crippen molar-refractivity contribution in [1.29, 1.82) is 0 Å². The van der Waals surface area contributed by atoms with E-state index in [0.717, 1.165) is 5.39 Å². The van der Waals surface area contributed by atoms with Gasteiger partial charge in [-0.05, 0) is 30.3 Å². The normalized spacial score (nSPS) is 10.7. The summed E-state index contributed by atoms with van der Waals surface area (Å²) in [7, 11) is 0. The third-order valence-electron chi connectivity index (χ3n) is 3.63. The van der Waals surface area contributed by atoms with Crippen LogP contribution in [-0.2, 0) is 0 Å². The number of hydrogen-bond acceptors (Lipinski definition) is 4. The first-order valence-corrected chi connectivity index (χ1v) is 7.43. The maximum Gasteiger partial charge on any atom is 0.257 e. The SMILES string of the molecule is O=C(Nc1cccnc1-n1cccn1)c1cccc2cccnc12. The molecule has 6 heteroatoms. The third-order valence-corrected chi connectivity index (χ3v) is 3.63. The Bertz CT molecular complexity index is 1010. The molecule has 0 aliphatic rings. The second-order valence-corrected chi connectivity index (χ2v) is 5.16. The number of pyridine rings is 2. The Balaban J connectivity index is 1.73. The molecule has 0 spiro atoms. The Labute approximate surface area is 137 Å². The van der Waals surface area contributed by atoms with Gasteiger partial charge < -0.3 is 5.32 Å². The van der Waals surface area contributed by atoms with Crippen LogP contribution in [0.25, 0.3) is 16.7 Å². The highest BCUT2D eigenvalue weighted by atomic mass is 16.1. The quantitative estimate of drug-likeness (QED) is 0.630. The second-order valence-electron chi connectivity index (χ2n) is 5.16. The first-order valence-electron chi connectivity index (χ1n) is 7.43. The summed E-state index contributed by atoms with van der Waals surface area (Å²) < 4.78 is 1.61. The molecule has 0 saturated carbocycles. The number of fused-ring (bicyclic) bond motifs is 1. The van der Waals surface area contributed by atoms with Gasteiger partial charge in [-0.15, -0.1) is 0 Å². The van der Waals surface area contributed by atoms with Crippen LogP contribution in [0.15, 0.2) is 73.3 Å². The van der Waals surface area contributed by atoms with Crippen LogP contribution in [-0.4, -0.2) is 25.7 Å². The lowest BCUT2D eigenvalue weighted by molar-refractivity contribution is 0.102. The molecule has 6 nitrogen and oxygen atoms in total. The van der Waals surface area contributed by atoms with E-state index in [9.17, 15) is 4.79 Å². The van der Waals surface area contributed by atoms with Gasteiger partial charge in [0.2, 0.25) is 0 Å². The molecule has 1 aromatic carbocycles. The molecule has 4 rings (SSSR count). The Morgan fingerprint density at radius 3 is 2.62 bits per heavy atom. The Kier molecular flexibility index (Phi) is 3.47. The highest BCUT2D eigenvalue weighted by Gasteiger charge is 2.14. The van der Waals surface area contributed by atoms with Gasteiger partial charge in [0.05, 0.1) is 16.8 Å². The standard InChI is InChI=1S/C18H13N5O/c24-18(14-7-1-5-13-6-2-9-19-16(13)14)22-15-8-3-10-20-17(15)23-12-4-11-21-23/h1-12H,(H,22,24). The smallest absolute Gasteiger partial charge is 0.257 e. The summed E-state index contributed by atoms with van der Waals surface area (Å²) in [4.78, 5) is 21.4. The van der Waals surface area contributed by atoms with Gasteiger partial charge in [-0.1, -0.05) is 18.2 Å². The number of rotatable bonds is 3. The molecule has 0 atom stereocenters. The number of hydrogen-bond donors (Lipinski definition) is 1. The molecule has 0 radical (unpaired) electrons. The molecule has 1 amide bonds. The average Bonchev–Trinajstić information content (AvgIpc) is 3.16. The zero-order valence-corrected chi connectivity index (χ0v) is 12.6. The summed E-state index contributed by atoms with van der Waals surface area (Å²) in [6.45, 7) is 0. The number of para-hydroxylation sites is 1. The van der Waals surface area contributed by atoms with E-state index in [1.54, 1.807) is 53.7 Å².